The molecule has 1 aliphatic heterocycles. The van der Waals surface area contributed by atoms with Crippen molar-refractivity contribution in [3.63, 3.8) is 0 Å². The smallest absolute Gasteiger partial charge is 0.137 e. The summed E-state index contributed by atoms with van der Waals surface area (Å²) in [4.78, 5) is 2.49. The molecule has 1 aromatic carbocycles. The highest BCUT2D eigenvalue weighted by Crippen LogP contribution is 2.33. The zero-order valence-electron chi connectivity index (χ0n) is 12.2. The maximum Gasteiger partial charge on any atom is 0.137 e. The second-order valence-electron chi connectivity index (χ2n) is 5.44. The maximum absolute atomic E-state index is 13.8. The van der Waals surface area contributed by atoms with Crippen molar-refractivity contribution in [1.29, 1.82) is 0 Å². The molecule has 1 atom stereocenters. The van der Waals surface area contributed by atoms with Crippen molar-refractivity contribution in [2.75, 3.05) is 26.2 Å². The number of nitrogens with one attached hydrogen (secondary N) is 1. The normalized spacial score (nSPS) is 18.1. The van der Waals surface area contributed by atoms with Crippen LogP contribution in [-0.4, -0.2) is 31.1 Å². The van der Waals surface area contributed by atoms with Gasteiger partial charge in [-0.05, 0) is 34.0 Å². The van der Waals surface area contributed by atoms with Gasteiger partial charge in [0.1, 0.15) is 5.82 Å². The van der Waals surface area contributed by atoms with E-state index in [-0.39, 0.29) is 5.82 Å². The van der Waals surface area contributed by atoms with E-state index >= 15 is 0 Å². The van der Waals surface area contributed by atoms with Crippen LogP contribution in [0, 0.1) is 5.82 Å². The highest BCUT2D eigenvalue weighted by atomic mass is 79.9. The van der Waals surface area contributed by atoms with Crippen molar-refractivity contribution < 1.29 is 4.39 Å². The van der Waals surface area contributed by atoms with Crippen molar-refractivity contribution >= 4 is 15.9 Å². The third kappa shape index (κ3) is 4.03. The Kier molecular flexibility index (Phi) is 6.46. The first kappa shape index (κ1) is 15.9. The fraction of sp³-hybridized carbons (Fsp3) is 0.625. The summed E-state index contributed by atoms with van der Waals surface area (Å²) >= 11 is 3.44. The van der Waals surface area contributed by atoms with E-state index in [2.05, 4.69) is 39.1 Å². The molecular formula is C16H24BrFN2. The third-order valence-corrected chi connectivity index (χ3v) is 4.85. The number of unbranched alkanes of at least 4 members (excludes halogenated alkanes) is 2. The van der Waals surface area contributed by atoms with Crippen molar-refractivity contribution in [1.82, 2.24) is 10.2 Å². The van der Waals surface area contributed by atoms with Gasteiger partial charge in [-0.2, -0.15) is 0 Å². The highest BCUT2D eigenvalue weighted by molar-refractivity contribution is 9.10. The average molecular weight is 343 g/mol. The quantitative estimate of drug-likeness (QED) is 0.782. The summed E-state index contributed by atoms with van der Waals surface area (Å²) in [6.07, 6.45) is 4.78. The van der Waals surface area contributed by atoms with E-state index in [1.807, 2.05) is 6.07 Å². The molecule has 1 saturated heterocycles. The molecule has 1 fully saturated rings. The van der Waals surface area contributed by atoms with Crippen LogP contribution < -0.4 is 5.32 Å². The maximum atomic E-state index is 13.8. The molecule has 2 rings (SSSR count). The molecule has 2 nitrogen and oxygen atoms in total. The van der Waals surface area contributed by atoms with Crippen LogP contribution in [0.15, 0.2) is 22.7 Å². The zero-order valence-corrected chi connectivity index (χ0v) is 13.8. The van der Waals surface area contributed by atoms with Gasteiger partial charge in [0.25, 0.3) is 0 Å². The predicted octanol–water partition coefficient (Wildman–Crippen LogP) is 4.11. The second kappa shape index (κ2) is 8.11. The lowest BCUT2D eigenvalue weighted by Crippen LogP contribution is -2.45. The number of benzene rings is 1. The molecular weight excluding hydrogens is 319 g/mol. The Morgan fingerprint density at radius 2 is 2.05 bits per heavy atom. The monoisotopic (exact) mass is 342 g/mol. The molecule has 0 unspecified atom stereocenters. The molecule has 1 heterocycles. The van der Waals surface area contributed by atoms with Gasteiger partial charge in [-0.15, -0.1) is 0 Å². The van der Waals surface area contributed by atoms with E-state index in [1.54, 1.807) is 0 Å². The van der Waals surface area contributed by atoms with Gasteiger partial charge in [-0.1, -0.05) is 38.3 Å². The van der Waals surface area contributed by atoms with Crippen molar-refractivity contribution in [2.45, 2.75) is 38.6 Å². The minimum absolute atomic E-state index is 0.155. The van der Waals surface area contributed by atoms with Gasteiger partial charge in [0.15, 0.2) is 0 Å². The Labute approximate surface area is 129 Å². The average Bonchev–Trinajstić information content (AvgIpc) is 2.48. The van der Waals surface area contributed by atoms with Crippen molar-refractivity contribution in [3.8, 4) is 0 Å². The molecule has 0 saturated carbocycles. The van der Waals surface area contributed by atoms with Crippen molar-refractivity contribution in [3.05, 3.63) is 34.1 Å². The first-order chi connectivity index (χ1) is 9.74. The SMILES string of the molecule is CCCCC[C@@H](c1cccc(F)c1Br)N1CCNCC1. The summed E-state index contributed by atoms with van der Waals surface area (Å²) in [5, 5.41) is 3.39. The van der Waals surface area contributed by atoms with Gasteiger partial charge >= 0.3 is 0 Å². The van der Waals surface area contributed by atoms with Crippen LogP contribution in [0.4, 0.5) is 4.39 Å². The lowest BCUT2D eigenvalue weighted by Gasteiger charge is -2.36. The molecule has 0 radical (unpaired) electrons. The Balaban J connectivity index is 2.17. The Bertz CT molecular complexity index is 419. The van der Waals surface area contributed by atoms with E-state index in [1.165, 1.54) is 25.3 Å². The van der Waals surface area contributed by atoms with Gasteiger partial charge in [0, 0.05) is 32.2 Å². The lowest BCUT2D eigenvalue weighted by atomic mass is 9.98. The molecule has 4 heteroatoms. The fourth-order valence-corrected chi connectivity index (χ4v) is 3.42. The minimum atomic E-state index is -0.155. The molecule has 0 spiro atoms. The Morgan fingerprint density at radius 1 is 1.30 bits per heavy atom. The van der Waals surface area contributed by atoms with Gasteiger partial charge < -0.3 is 5.32 Å². The molecule has 112 valence electrons. The van der Waals surface area contributed by atoms with Crippen LogP contribution in [0.2, 0.25) is 0 Å². The van der Waals surface area contributed by atoms with Gasteiger partial charge in [-0.3, -0.25) is 4.90 Å². The van der Waals surface area contributed by atoms with Crippen LogP contribution >= 0.6 is 15.9 Å². The molecule has 1 aliphatic rings. The topological polar surface area (TPSA) is 15.3 Å². The second-order valence-corrected chi connectivity index (χ2v) is 6.23. The summed E-state index contributed by atoms with van der Waals surface area (Å²) in [6, 6.07) is 5.73. The number of halogens is 2. The third-order valence-electron chi connectivity index (χ3n) is 4.01. The summed E-state index contributed by atoms with van der Waals surface area (Å²) in [7, 11) is 0. The van der Waals surface area contributed by atoms with E-state index in [4.69, 9.17) is 0 Å². The summed E-state index contributed by atoms with van der Waals surface area (Å²) in [5.41, 5.74) is 1.10. The van der Waals surface area contributed by atoms with Gasteiger partial charge in [0.2, 0.25) is 0 Å². The number of nitrogens with zero attached hydrogens (tertiary/aromatic N) is 1. The molecule has 0 bridgehead atoms. The Hall–Kier alpha value is -0.450. The van der Waals surface area contributed by atoms with Crippen LogP contribution in [0.25, 0.3) is 0 Å². The largest absolute Gasteiger partial charge is 0.314 e. The minimum Gasteiger partial charge on any atom is -0.314 e. The number of hydrogen-bond acceptors (Lipinski definition) is 2. The van der Waals surface area contributed by atoms with E-state index < -0.39 is 0 Å². The number of hydrogen-bond donors (Lipinski definition) is 1. The van der Waals surface area contributed by atoms with Crippen molar-refractivity contribution in [2.24, 2.45) is 0 Å². The van der Waals surface area contributed by atoms with Gasteiger partial charge in [-0.25, -0.2) is 4.39 Å². The highest BCUT2D eigenvalue weighted by Gasteiger charge is 2.24. The summed E-state index contributed by atoms with van der Waals surface area (Å²) < 4.78 is 14.5. The van der Waals surface area contributed by atoms with E-state index in [0.29, 0.717) is 10.5 Å². The van der Waals surface area contributed by atoms with Gasteiger partial charge in [0.05, 0.1) is 4.47 Å². The lowest BCUT2D eigenvalue weighted by molar-refractivity contribution is 0.162. The zero-order chi connectivity index (χ0) is 14.4. The van der Waals surface area contributed by atoms with E-state index in [0.717, 1.165) is 38.2 Å². The standard InChI is InChI=1S/C16H24BrFN2/c1-2-3-4-8-15(20-11-9-19-10-12-20)13-6-5-7-14(18)16(13)17/h5-7,15,19H,2-4,8-12H2,1H3/t15-/m0/s1. The first-order valence-electron chi connectivity index (χ1n) is 7.62. The Morgan fingerprint density at radius 3 is 2.75 bits per heavy atom. The van der Waals surface area contributed by atoms with E-state index in [9.17, 15) is 4.39 Å². The summed E-state index contributed by atoms with van der Waals surface area (Å²) in [6.45, 7) is 6.35. The molecule has 20 heavy (non-hydrogen) atoms. The van der Waals surface area contributed by atoms with Crippen LogP contribution in [0.3, 0.4) is 0 Å². The number of rotatable bonds is 6. The predicted molar refractivity (Wildman–Crippen MR) is 85.4 cm³/mol. The van der Waals surface area contributed by atoms with Crippen LogP contribution in [0.1, 0.15) is 44.2 Å². The summed E-state index contributed by atoms with van der Waals surface area (Å²) in [5.74, 6) is -0.155. The molecule has 1 N–H and O–H groups in total. The molecule has 0 amide bonds. The number of piperazine rings is 1. The van der Waals surface area contributed by atoms with Crippen LogP contribution in [0.5, 0.6) is 0 Å². The molecule has 0 aromatic heterocycles. The fourth-order valence-electron chi connectivity index (χ4n) is 2.89. The first-order valence-corrected chi connectivity index (χ1v) is 8.42. The molecule has 0 aliphatic carbocycles. The van der Waals surface area contributed by atoms with Crippen LogP contribution in [-0.2, 0) is 0 Å². The molecule has 1 aromatic rings.